The van der Waals surface area contributed by atoms with E-state index >= 15 is 0 Å². The number of nitrogens with two attached hydrogens (primary N) is 2. The van der Waals surface area contributed by atoms with E-state index in [0.717, 1.165) is 77.0 Å². The molecule has 0 aliphatic carbocycles. The van der Waals surface area contributed by atoms with Gasteiger partial charge in [-0.1, -0.05) is 233 Å². The van der Waals surface area contributed by atoms with Gasteiger partial charge in [0.2, 0.25) is 11.8 Å². The molecule has 2 amide bonds. The van der Waals surface area contributed by atoms with Crippen LogP contribution in [0.2, 0.25) is 0 Å². The topological polar surface area (TPSA) is 89.4 Å². The van der Waals surface area contributed by atoms with Gasteiger partial charge in [-0.2, -0.15) is 0 Å². The van der Waals surface area contributed by atoms with Crippen LogP contribution in [0.25, 0.3) is 0 Å². The lowest BCUT2D eigenvalue weighted by atomic mass is 9.76. The maximum absolute atomic E-state index is 13.8. The van der Waals surface area contributed by atoms with Crippen LogP contribution >= 0.6 is 0 Å². The summed E-state index contributed by atoms with van der Waals surface area (Å²) < 4.78 is 0. The third-order valence-corrected chi connectivity index (χ3v) is 12.0. The van der Waals surface area contributed by atoms with Gasteiger partial charge in [0.1, 0.15) is 11.1 Å². The van der Waals surface area contributed by atoms with Crippen molar-refractivity contribution in [2.24, 2.45) is 11.5 Å². The molecule has 0 spiro atoms. The lowest BCUT2D eigenvalue weighted by Crippen LogP contribution is -2.68. The van der Waals surface area contributed by atoms with Crippen molar-refractivity contribution in [2.75, 3.05) is 7.05 Å². The summed E-state index contributed by atoms with van der Waals surface area (Å²) in [5.74, 6) is -0.494. The predicted molar refractivity (Wildman–Crippen MR) is 221 cm³/mol. The zero-order valence-corrected chi connectivity index (χ0v) is 34.9. The average molecular weight is 706 g/mol. The number of rotatable bonds is 40. The van der Waals surface area contributed by atoms with E-state index in [9.17, 15) is 9.59 Å². The quantitative estimate of drug-likeness (QED) is 0.0622. The van der Waals surface area contributed by atoms with Crippen LogP contribution in [0.15, 0.2) is 0 Å². The first-order valence-electron chi connectivity index (χ1n) is 22.6. The summed E-state index contributed by atoms with van der Waals surface area (Å²) in [6.07, 6.45) is 42.0. The first-order valence-corrected chi connectivity index (χ1v) is 22.6. The molecule has 50 heavy (non-hydrogen) atoms. The summed E-state index contributed by atoms with van der Waals surface area (Å²) in [7, 11) is 2.06. The third kappa shape index (κ3) is 22.1. The van der Waals surface area contributed by atoms with Crippen LogP contribution in [-0.4, -0.2) is 34.8 Å². The van der Waals surface area contributed by atoms with E-state index in [2.05, 4.69) is 39.6 Å². The first-order chi connectivity index (χ1) is 24.3. The Bertz CT molecular complexity index is 667. The van der Waals surface area contributed by atoms with Crippen molar-refractivity contribution in [1.82, 2.24) is 4.90 Å². The van der Waals surface area contributed by atoms with Crippen LogP contribution in [0.3, 0.4) is 0 Å². The van der Waals surface area contributed by atoms with Crippen molar-refractivity contribution < 1.29 is 9.59 Å². The molecular formula is C45H91N3O2. The number of hydrogen-bond donors (Lipinski definition) is 2. The predicted octanol–water partition coefficient (Wildman–Crippen LogP) is 13.5. The molecule has 0 saturated carbocycles. The van der Waals surface area contributed by atoms with Crippen molar-refractivity contribution in [3.8, 4) is 0 Å². The Morgan fingerprint density at radius 2 is 0.500 bits per heavy atom. The molecule has 0 saturated heterocycles. The Labute approximate surface area is 314 Å². The molecule has 0 aromatic carbocycles. The average Bonchev–Trinajstić information content (AvgIpc) is 3.10. The standard InChI is InChI=1S/C45H91N3O2/c1-6-10-14-18-22-26-30-34-38-44(42(46)49,39-35-31-27-23-19-15-11-7-2)48(5)45(43(47)50,40-36-32-28-24-20-16-12-8-3)41-37-33-29-25-21-17-13-9-4/h6-41H2,1-5H3,(H2,46,49)(H2,47,50). The maximum atomic E-state index is 13.8. The SMILES string of the molecule is CCCCCCCCCCC(CCCCCCCCCC)(C(N)=O)N(C)C(CCCCCCCCCC)(CCCCCCCCCC)C(N)=O. The van der Waals surface area contributed by atoms with Crippen molar-refractivity contribution in [3.05, 3.63) is 0 Å². The second kappa shape index (κ2) is 33.7. The van der Waals surface area contributed by atoms with Gasteiger partial charge < -0.3 is 11.5 Å². The number of likely N-dealkylation sites (N-methyl/N-ethyl adjacent to an activating group) is 1. The molecule has 0 bridgehead atoms. The fraction of sp³-hybridized carbons (Fsp3) is 0.956. The van der Waals surface area contributed by atoms with Gasteiger partial charge in [-0.15, -0.1) is 0 Å². The number of nitrogens with zero attached hydrogens (tertiary/aromatic N) is 1. The molecule has 5 nitrogen and oxygen atoms in total. The summed E-state index contributed by atoms with van der Waals surface area (Å²) in [4.78, 5) is 29.9. The van der Waals surface area contributed by atoms with Gasteiger partial charge in [0.05, 0.1) is 0 Å². The van der Waals surface area contributed by atoms with Crippen molar-refractivity contribution in [2.45, 2.75) is 270 Å². The minimum Gasteiger partial charge on any atom is -0.368 e. The summed E-state index contributed by atoms with van der Waals surface area (Å²) in [5, 5.41) is 0. The Morgan fingerprint density at radius 3 is 0.660 bits per heavy atom. The highest BCUT2D eigenvalue weighted by Gasteiger charge is 2.51. The smallest absolute Gasteiger partial charge is 0.237 e. The second-order valence-corrected chi connectivity index (χ2v) is 16.3. The first kappa shape index (κ1) is 48.9. The number of hydrogen-bond acceptors (Lipinski definition) is 3. The Balaban J connectivity index is 5.97. The number of carbonyl (C=O) groups excluding carboxylic acids is 2. The van der Waals surface area contributed by atoms with Crippen LogP contribution in [0.4, 0.5) is 0 Å². The summed E-state index contributed by atoms with van der Waals surface area (Å²) in [6, 6.07) is 0. The summed E-state index contributed by atoms with van der Waals surface area (Å²) in [5.41, 5.74) is 11.3. The molecule has 298 valence electrons. The fourth-order valence-corrected chi connectivity index (χ4v) is 8.36. The molecule has 5 heteroatoms. The minimum atomic E-state index is -0.834. The van der Waals surface area contributed by atoms with Crippen LogP contribution in [0.5, 0.6) is 0 Å². The molecule has 0 heterocycles. The highest BCUT2D eigenvalue weighted by molar-refractivity contribution is 5.89. The van der Waals surface area contributed by atoms with Crippen molar-refractivity contribution in [3.63, 3.8) is 0 Å². The van der Waals surface area contributed by atoms with Gasteiger partial charge >= 0.3 is 0 Å². The molecular weight excluding hydrogens is 615 g/mol. The number of primary amides is 2. The lowest BCUT2D eigenvalue weighted by Gasteiger charge is -2.50. The monoisotopic (exact) mass is 706 g/mol. The zero-order valence-electron chi connectivity index (χ0n) is 34.9. The summed E-state index contributed by atoms with van der Waals surface area (Å²) >= 11 is 0. The number of amides is 2. The van der Waals surface area contributed by atoms with Gasteiger partial charge in [-0.05, 0) is 32.7 Å². The lowest BCUT2D eigenvalue weighted by molar-refractivity contribution is -0.146. The Kier molecular flexibility index (Phi) is 33.0. The minimum absolute atomic E-state index is 0.247. The molecule has 0 radical (unpaired) electrons. The van der Waals surface area contributed by atoms with E-state index in [1.54, 1.807) is 0 Å². The van der Waals surface area contributed by atoms with Gasteiger partial charge in [-0.25, -0.2) is 0 Å². The summed E-state index contributed by atoms with van der Waals surface area (Å²) in [6.45, 7) is 9.06. The number of carbonyl (C=O) groups is 2. The van der Waals surface area contributed by atoms with E-state index in [0.29, 0.717) is 0 Å². The largest absolute Gasteiger partial charge is 0.368 e. The van der Waals surface area contributed by atoms with Gasteiger partial charge in [0, 0.05) is 0 Å². The molecule has 0 unspecified atom stereocenters. The molecule has 0 aromatic rings. The molecule has 4 N–H and O–H groups in total. The highest BCUT2D eigenvalue weighted by Crippen LogP contribution is 2.39. The highest BCUT2D eigenvalue weighted by atomic mass is 16.2. The van der Waals surface area contributed by atoms with Crippen LogP contribution in [0.1, 0.15) is 259 Å². The molecule has 0 atom stereocenters. The molecule has 0 aliphatic heterocycles. The second-order valence-electron chi connectivity index (χ2n) is 16.3. The van der Waals surface area contributed by atoms with Crippen molar-refractivity contribution >= 4 is 11.8 Å². The van der Waals surface area contributed by atoms with E-state index < -0.39 is 11.1 Å². The van der Waals surface area contributed by atoms with Gasteiger partial charge in [0.15, 0.2) is 0 Å². The van der Waals surface area contributed by atoms with E-state index in [1.165, 1.54) is 154 Å². The van der Waals surface area contributed by atoms with Gasteiger partial charge in [0.25, 0.3) is 0 Å². The van der Waals surface area contributed by atoms with Crippen LogP contribution in [-0.2, 0) is 9.59 Å². The van der Waals surface area contributed by atoms with Crippen LogP contribution in [0, 0.1) is 0 Å². The maximum Gasteiger partial charge on any atom is 0.237 e. The fourth-order valence-electron chi connectivity index (χ4n) is 8.36. The van der Waals surface area contributed by atoms with Crippen molar-refractivity contribution in [1.29, 1.82) is 0 Å². The molecule has 0 rings (SSSR count). The number of unbranched alkanes of at least 4 members (excludes halogenated alkanes) is 28. The normalized spacial score (nSPS) is 12.3. The molecule has 0 aliphatic rings. The molecule has 0 aromatic heterocycles. The van der Waals surface area contributed by atoms with Gasteiger partial charge in [-0.3, -0.25) is 14.5 Å². The Morgan fingerprint density at radius 1 is 0.340 bits per heavy atom. The third-order valence-electron chi connectivity index (χ3n) is 12.0. The Hall–Kier alpha value is -1.10. The molecule has 0 fully saturated rings. The van der Waals surface area contributed by atoms with E-state index in [-0.39, 0.29) is 11.8 Å². The van der Waals surface area contributed by atoms with E-state index in [4.69, 9.17) is 11.5 Å². The van der Waals surface area contributed by atoms with E-state index in [1.807, 2.05) is 0 Å². The van der Waals surface area contributed by atoms with Crippen LogP contribution < -0.4 is 11.5 Å². The zero-order chi connectivity index (χ0) is 37.2.